The molecular weight excluding hydrogens is 357 g/mol. The van der Waals surface area contributed by atoms with Gasteiger partial charge in [0.25, 0.3) is 0 Å². The normalized spacial score (nSPS) is 15.2. The third kappa shape index (κ3) is 3.94. The lowest BCUT2D eigenvalue weighted by molar-refractivity contribution is 0.0471. The lowest BCUT2D eigenvalue weighted by Crippen LogP contribution is -2.28. The number of esters is 1. The molecule has 0 amide bonds. The number of aryl methyl sites for hydroxylation is 1. The summed E-state index contributed by atoms with van der Waals surface area (Å²) in [6.07, 6.45) is 1.69. The Labute approximate surface area is 152 Å². The predicted molar refractivity (Wildman–Crippen MR) is 94.7 cm³/mol. The van der Waals surface area contributed by atoms with Gasteiger partial charge in [-0.15, -0.1) is 0 Å². The number of carbonyl (C=O) groups is 1. The number of sulfonamides is 1. The molecule has 0 atom stereocenters. The minimum atomic E-state index is -3.60. The molecule has 0 aliphatic carbocycles. The van der Waals surface area contributed by atoms with Gasteiger partial charge >= 0.3 is 5.97 Å². The van der Waals surface area contributed by atoms with Crippen LogP contribution in [0.1, 0.15) is 34.3 Å². The Morgan fingerprint density at radius 2 is 1.77 bits per heavy atom. The number of rotatable bonds is 5. The van der Waals surface area contributed by atoms with Crippen LogP contribution in [0.5, 0.6) is 0 Å². The van der Waals surface area contributed by atoms with Crippen LogP contribution in [0.25, 0.3) is 0 Å². The van der Waals surface area contributed by atoms with Gasteiger partial charge in [0, 0.05) is 13.1 Å². The van der Waals surface area contributed by atoms with Gasteiger partial charge in [0.05, 0.1) is 10.5 Å². The van der Waals surface area contributed by atoms with E-state index in [4.69, 9.17) is 4.74 Å². The van der Waals surface area contributed by atoms with Crippen molar-refractivity contribution in [3.8, 4) is 0 Å². The molecule has 5 nitrogen and oxygen atoms in total. The zero-order chi connectivity index (χ0) is 18.7. The Morgan fingerprint density at radius 3 is 2.42 bits per heavy atom. The van der Waals surface area contributed by atoms with Crippen molar-refractivity contribution in [1.82, 2.24) is 4.31 Å². The van der Waals surface area contributed by atoms with Crippen LogP contribution in [0.2, 0.25) is 0 Å². The standard InChI is InChI=1S/C19H20FNO4S/c1-14-4-9-17(26(23,24)21-10-2-3-11-21)12-18(14)19(22)25-13-15-5-7-16(20)8-6-15/h4-9,12H,2-3,10-11,13H2,1H3. The maximum atomic E-state index is 12.9. The SMILES string of the molecule is Cc1ccc(S(=O)(=O)N2CCCC2)cc1C(=O)OCc1ccc(F)cc1. The lowest BCUT2D eigenvalue weighted by Gasteiger charge is -2.16. The Morgan fingerprint density at radius 1 is 1.12 bits per heavy atom. The van der Waals surface area contributed by atoms with Crippen molar-refractivity contribution in [2.24, 2.45) is 0 Å². The van der Waals surface area contributed by atoms with Gasteiger partial charge in [-0.1, -0.05) is 18.2 Å². The van der Waals surface area contributed by atoms with Crippen molar-refractivity contribution < 1.29 is 22.3 Å². The maximum absolute atomic E-state index is 12.9. The molecule has 0 unspecified atom stereocenters. The summed E-state index contributed by atoms with van der Waals surface area (Å²) in [5, 5.41) is 0. The molecule has 1 aliphatic rings. The zero-order valence-corrected chi connectivity index (χ0v) is 15.3. The van der Waals surface area contributed by atoms with Crippen LogP contribution in [0.15, 0.2) is 47.4 Å². The largest absolute Gasteiger partial charge is 0.457 e. The number of halogens is 1. The molecule has 1 saturated heterocycles. The summed E-state index contributed by atoms with van der Waals surface area (Å²) < 4.78 is 45.0. The van der Waals surface area contributed by atoms with Gasteiger partial charge in [0.2, 0.25) is 10.0 Å². The van der Waals surface area contributed by atoms with Gasteiger partial charge in [-0.05, 0) is 55.2 Å². The Balaban J connectivity index is 1.78. The molecule has 7 heteroatoms. The van der Waals surface area contributed by atoms with E-state index in [-0.39, 0.29) is 22.9 Å². The second-order valence-corrected chi connectivity index (χ2v) is 8.23. The van der Waals surface area contributed by atoms with E-state index in [1.165, 1.54) is 40.7 Å². The number of carbonyl (C=O) groups excluding carboxylic acids is 1. The first-order valence-electron chi connectivity index (χ1n) is 8.40. The van der Waals surface area contributed by atoms with E-state index in [1.54, 1.807) is 13.0 Å². The highest BCUT2D eigenvalue weighted by atomic mass is 32.2. The third-order valence-corrected chi connectivity index (χ3v) is 6.31. The first kappa shape index (κ1) is 18.5. The summed E-state index contributed by atoms with van der Waals surface area (Å²) in [6.45, 7) is 2.71. The second-order valence-electron chi connectivity index (χ2n) is 6.29. The van der Waals surface area contributed by atoms with E-state index in [9.17, 15) is 17.6 Å². The molecular formula is C19H20FNO4S. The van der Waals surface area contributed by atoms with E-state index in [2.05, 4.69) is 0 Å². The number of ether oxygens (including phenoxy) is 1. The third-order valence-electron chi connectivity index (χ3n) is 4.41. The van der Waals surface area contributed by atoms with Crippen LogP contribution in [0.3, 0.4) is 0 Å². The fourth-order valence-corrected chi connectivity index (χ4v) is 4.41. The Kier molecular flexibility index (Phi) is 5.38. The molecule has 0 radical (unpaired) electrons. The van der Waals surface area contributed by atoms with Gasteiger partial charge in [-0.25, -0.2) is 17.6 Å². The summed E-state index contributed by atoms with van der Waals surface area (Å²) in [6, 6.07) is 10.1. The average Bonchev–Trinajstić information content (AvgIpc) is 3.17. The molecule has 138 valence electrons. The highest BCUT2D eigenvalue weighted by molar-refractivity contribution is 7.89. The molecule has 0 aromatic heterocycles. The fourth-order valence-electron chi connectivity index (χ4n) is 2.87. The van der Waals surface area contributed by atoms with Crippen molar-refractivity contribution in [3.05, 3.63) is 65.0 Å². The fraction of sp³-hybridized carbons (Fsp3) is 0.316. The van der Waals surface area contributed by atoms with Crippen LogP contribution in [0.4, 0.5) is 4.39 Å². The van der Waals surface area contributed by atoms with Crippen LogP contribution < -0.4 is 0 Å². The summed E-state index contributed by atoms with van der Waals surface area (Å²) in [5.41, 5.74) is 1.50. The zero-order valence-electron chi connectivity index (χ0n) is 14.4. The van der Waals surface area contributed by atoms with E-state index >= 15 is 0 Å². The van der Waals surface area contributed by atoms with E-state index in [0.717, 1.165) is 12.8 Å². The molecule has 0 bridgehead atoms. The predicted octanol–water partition coefficient (Wildman–Crippen LogP) is 3.28. The highest BCUT2D eigenvalue weighted by Gasteiger charge is 2.28. The number of hydrogen-bond donors (Lipinski definition) is 0. The minimum Gasteiger partial charge on any atom is -0.457 e. The van der Waals surface area contributed by atoms with Gasteiger partial charge in [0.1, 0.15) is 12.4 Å². The van der Waals surface area contributed by atoms with Crippen molar-refractivity contribution in [1.29, 1.82) is 0 Å². The molecule has 26 heavy (non-hydrogen) atoms. The van der Waals surface area contributed by atoms with Crippen molar-refractivity contribution >= 4 is 16.0 Å². The number of benzene rings is 2. The summed E-state index contributed by atoms with van der Waals surface area (Å²) in [7, 11) is -3.60. The van der Waals surface area contributed by atoms with Gasteiger partial charge in [-0.2, -0.15) is 4.31 Å². The van der Waals surface area contributed by atoms with Crippen LogP contribution in [0, 0.1) is 12.7 Å². The maximum Gasteiger partial charge on any atom is 0.338 e. The molecule has 3 rings (SSSR count). The van der Waals surface area contributed by atoms with E-state index in [1.807, 2.05) is 0 Å². The number of nitrogens with zero attached hydrogens (tertiary/aromatic N) is 1. The van der Waals surface area contributed by atoms with Gasteiger partial charge < -0.3 is 4.74 Å². The Bertz CT molecular complexity index is 904. The van der Waals surface area contributed by atoms with Crippen molar-refractivity contribution in [2.75, 3.05) is 13.1 Å². The second kappa shape index (κ2) is 7.55. The topological polar surface area (TPSA) is 63.7 Å². The average molecular weight is 377 g/mol. The summed E-state index contributed by atoms with van der Waals surface area (Å²) >= 11 is 0. The van der Waals surface area contributed by atoms with Gasteiger partial charge in [0.15, 0.2) is 0 Å². The molecule has 0 saturated carbocycles. The van der Waals surface area contributed by atoms with Crippen LogP contribution in [-0.2, 0) is 21.4 Å². The van der Waals surface area contributed by atoms with Crippen molar-refractivity contribution in [3.63, 3.8) is 0 Å². The smallest absolute Gasteiger partial charge is 0.338 e. The molecule has 0 spiro atoms. The molecule has 1 heterocycles. The first-order valence-corrected chi connectivity index (χ1v) is 9.84. The molecule has 1 fully saturated rings. The molecule has 2 aromatic carbocycles. The van der Waals surface area contributed by atoms with Crippen LogP contribution in [-0.4, -0.2) is 31.8 Å². The van der Waals surface area contributed by atoms with Gasteiger partial charge in [-0.3, -0.25) is 0 Å². The molecule has 2 aromatic rings. The van der Waals surface area contributed by atoms with E-state index in [0.29, 0.717) is 24.2 Å². The Hall–Kier alpha value is -2.25. The van der Waals surface area contributed by atoms with Crippen LogP contribution >= 0.6 is 0 Å². The monoisotopic (exact) mass is 377 g/mol. The molecule has 0 N–H and O–H groups in total. The highest BCUT2D eigenvalue weighted by Crippen LogP contribution is 2.23. The molecule has 1 aliphatic heterocycles. The summed E-state index contributed by atoms with van der Waals surface area (Å²) in [5.74, 6) is -0.971. The van der Waals surface area contributed by atoms with E-state index < -0.39 is 16.0 Å². The number of hydrogen-bond acceptors (Lipinski definition) is 4. The quantitative estimate of drug-likeness (QED) is 0.750. The minimum absolute atomic E-state index is 0.0122. The first-order chi connectivity index (χ1) is 12.4. The lowest BCUT2D eigenvalue weighted by atomic mass is 10.1. The van der Waals surface area contributed by atoms with Crippen molar-refractivity contribution in [2.45, 2.75) is 31.3 Å². The summed E-state index contributed by atoms with van der Waals surface area (Å²) in [4.78, 5) is 12.5.